The summed E-state index contributed by atoms with van der Waals surface area (Å²) >= 11 is 1.48. The number of amides is 1. The molecule has 30 heavy (non-hydrogen) atoms. The SMILES string of the molecule is Cc1noc(C)c1CSc1ncccc1C(=O)Nc1ccnn1Cc1ccncc1. The number of thioether (sulfide) groups is 1. The molecule has 0 saturated carbocycles. The summed E-state index contributed by atoms with van der Waals surface area (Å²) in [7, 11) is 0. The molecule has 0 atom stereocenters. The number of anilines is 1. The Hall–Kier alpha value is -3.46. The van der Waals surface area contributed by atoms with Crippen molar-refractivity contribution in [2.75, 3.05) is 5.32 Å². The van der Waals surface area contributed by atoms with E-state index in [0.29, 0.717) is 28.7 Å². The van der Waals surface area contributed by atoms with Crippen molar-refractivity contribution in [3.8, 4) is 0 Å². The second kappa shape index (κ2) is 8.91. The van der Waals surface area contributed by atoms with E-state index >= 15 is 0 Å². The van der Waals surface area contributed by atoms with Crippen molar-refractivity contribution >= 4 is 23.5 Å². The molecule has 0 aliphatic heterocycles. The summed E-state index contributed by atoms with van der Waals surface area (Å²) in [5.74, 6) is 1.78. The lowest BCUT2D eigenvalue weighted by atomic mass is 10.2. The van der Waals surface area contributed by atoms with Gasteiger partial charge in [0.15, 0.2) is 0 Å². The lowest BCUT2D eigenvalue weighted by Crippen LogP contribution is -2.17. The Labute approximate surface area is 177 Å². The molecule has 0 aliphatic rings. The smallest absolute Gasteiger partial charge is 0.259 e. The summed E-state index contributed by atoms with van der Waals surface area (Å²) in [6.07, 6.45) is 6.80. The van der Waals surface area contributed by atoms with Gasteiger partial charge >= 0.3 is 0 Å². The minimum atomic E-state index is -0.235. The van der Waals surface area contributed by atoms with Crippen LogP contribution in [0.3, 0.4) is 0 Å². The molecule has 0 bridgehead atoms. The van der Waals surface area contributed by atoms with E-state index in [9.17, 15) is 4.79 Å². The number of hydrogen-bond acceptors (Lipinski definition) is 7. The standard InChI is InChI=1S/C21H20N6O2S/c1-14-18(15(2)29-26-14)13-30-21-17(4-3-8-23-21)20(28)25-19-7-11-24-27(19)12-16-5-9-22-10-6-16/h3-11H,12-13H2,1-2H3,(H,25,28). The zero-order valence-corrected chi connectivity index (χ0v) is 17.4. The fourth-order valence-corrected chi connectivity index (χ4v) is 4.08. The zero-order chi connectivity index (χ0) is 20.9. The van der Waals surface area contributed by atoms with E-state index in [1.807, 2.05) is 26.0 Å². The number of pyridine rings is 2. The van der Waals surface area contributed by atoms with Gasteiger partial charge in [0, 0.05) is 36.0 Å². The summed E-state index contributed by atoms with van der Waals surface area (Å²) in [4.78, 5) is 21.4. The third-order valence-electron chi connectivity index (χ3n) is 4.59. The topological polar surface area (TPSA) is 98.7 Å². The number of hydrogen-bond donors (Lipinski definition) is 1. The number of carbonyl (C=O) groups excluding carboxylic acids is 1. The molecule has 0 aliphatic carbocycles. The Bertz CT molecular complexity index is 1140. The van der Waals surface area contributed by atoms with E-state index in [2.05, 4.69) is 25.5 Å². The Morgan fingerprint density at radius 3 is 2.73 bits per heavy atom. The Morgan fingerprint density at radius 2 is 1.97 bits per heavy atom. The van der Waals surface area contributed by atoms with Gasteiger partial charge in [-0.2, -0.15) is 5.10 Å². The monoisotopic (exact) mass is 420 g/mol. The molecule has 4 heterocycles. The van der Waals surface area contributed by atoms with E-state index in [4.69, 9.17) is 4.52 Å². The normalized spacial score (nSPS) is 10.9. The summed E-state index contributed by atoms with van der Waals surface area (Å²) in [5.41, 5.74) is 3.42. The number of aromatic nitrogens is 5. The average molecular weight is 420 g/mol. The molecule has 0 spiro atoms. The van der Waals surface area contributed by atoms with Crippen molar-refractivity contribution in [1.29, 1.82) is 0 Å². The van der Waals surface area contributed by atoms with Gasteiger partial charge in [-0.05, 0) is 43.7 Å². The zero-order valence-electron chi connectivity index (χ0n) is 16.6. The molecule has 9 heteroatoms. The molecule has 8 nitrogen and oxygen atoms in total. The van der Waals surface area contributed by atoms with Crippen LogP contribution in [-0.4, -0.2) is 30.8 Å². The van der Waals surface area contributed by atoms with Crippen molar-refractivity contribution in [3.05, 3.63) is 83.3 Å². The lowest BCUT2D eigenvalue weighted by Gasteiger charge is -2.11. The maximum absolute atomic E-state index is 13.0. The first kappa shape index (κ1) is 19.8. The van der Waals surface area contributed by atoms with Crippen LogP contribution in [0.25, 0.3) is 0 Å². The maximum Gasteiger partial charge on any atom is 0.259 e. The molecule has 0 saturated heterocycles. The fraction of sp³-hybridized carbons (Fsp3) is 0.190. The van der Waals surface area contributed by atoms with Crippen LogP contribution in [0, 0.1) is 13.8 Å². The number of nitrogens with one attached hydrogen (secondary N) is 1. The second-order valence-corrected chi connectivity index (χ2v) is 7.60. The molecule has 1 amide bonds. The van der Waals surface area contributed by atoms with Crippen LogP contribution in [0.5, 0.6) is 0 Å². The van der Waals surface area contributed by atoms with E-state index < -0.39 is 0 Å². The second-order valence-electron chi connectivity index (χ2n) is 6.63. The van der Waals surface area contributed by atoms with Gasteiger partial charge in [-0.1, -0.05) is 5.16 Å². The van der Waals surface area contributed by atoms with Gasteiger partial charge in [0.25, 0.3) is 5.91 Å². The Morgan fingerprint density at radius 1 is 1.13 bits per heavy atom. The number of rotatable bonds is 7. The predicted molar refractivity (Wildman–Crippen MR) is 113 cm³/mol. The summed E-state index contributed by atoms with van der Waals surface area (Å²) in [6, 6.07) is 9.12. The molecular formula is C21H20N6O2S. The first-order valence-corrected chi connectivity index (χ1v) is 10.3. The van der Waals surface area contributed by atoms with E-state index in [1.54, 1.807) is 47.7 Å². The number of carbonyl (C=O) groups is 1. The van der Waals surface area contributed by atoms with Crippen LogP contribution in [0.4, 0.5) is 5.82 Å². The van der Waals surface area contributed by atoms with Crippen molar-refractivity contribution in [2.45, 2.75) is 31.2 Å². The van der Waals surface area contributed by atoms with Crippen molar-refractivity contribution in [1.82, 2.24) is 24.9 Å². The molecule has 152 valence electrons. The van der Waals surface area contributed by atoms with Crippen LogP contribution < -0.4 is 5.32 Å². The van der Waals surface area contributed by atoms with Crippen molar-refractivity contribution in [3.63, 3.8) is 0 Å². The fourth-order valence-electron chi connectivity index (χ4n) is 2.94. The highest BCUT2D eigenvalue weighted by Gasteiger charge is 2.17. The highest BCUT2D eigenvalue weighted by atomic mass is 32.2. The quantitative estimate of drug-likeness (QED) is 0.453. The Kier molecular flexibility index (Phi) is 5.89. The summed E-state index contributed by atoms with van der Waals surface area (Å²) < 4.78 is 6.95. The molecule has 1 N–H and O–H groups in total. The molecule has 0 fully saturated rings. The van der Waals surface area contributed by atoms with E-state index in [1.165, 1.54) is 11.8 Å². The minimum Gasteiger partial charge on any atom is -0.361 e. The molecule has 4 aromatic heterocycles. The van der Waals surface area contributed by atoms with Crippen LogP contribution >= 0.6 is 11.8 Å². The highest BCUT2D eigenvalue weighted by Crippen LogP contribution is 2.27. The van der Waals surface area contributed by atoms with Gasteiger partial charge in [-0.3, -0.25) is 9.78 Å². The third kappa shape index (κ3) is 4.41. The minimum absolute atomic E-state index is 0.235. The van der Waals surface area contributed by atoms with Gasteiger partial charge in [-0.25, -0.2) is 9.67 Å². The van der Waals surface area contributed by atoms with Crippen LogP contribution in [0.15, 0.2) is 64.7 Å². The van der Waals surface area contributed by atoms with Crippen molar-refractivity contribution in [2.24, 2.45) is 0 Å². The van der Waals surface area contributed by atoms with E-state index in [0.717, 1.165) is 22.6 Å². The first-order valence-electron chi connectivity index (χ1n) is 9.33. The first-order chi connectivity index (χ1) is 14.6. The van der Waals surface area contributed by atoms with Crippen LogP contribution in [0.1, 0.15) is 32.9 Å². The Balaban J connectivity index is 1.49. The summed E-state index contributed by atoms with van der Waals surface area (Å²) in [6.45, 7) is 4.32. The highest BCUT2D eigenvalue weighted by molar-refractivity contribution is 7.98. The van der Waals surface area contributed by atoms with Gasteiger partial charge < -0.3 is 9.84 Å². The number of nitrogens with zero attached hydrogens (tertiary/aromatic N) is 5. The van der Waals surface area contributed by atoms with Crippen molar-refractivity contribution < 1.29 is 9.32 Å². The third-order valence-corrected chi connectivity index (χ3v) is 5.62. The van der Waals surface area contributed by atoms with Gasteiger partial charge in [0.2, 0.25) is 0 Å². The molecule has 0 radical (unpaired) electrons. The predicted octanol–water partition coefficient (Wildman–Crippen LogP) is 3.87. The van der Waals surface area contributed by atoms with Gasteiger partial charge in [0.05, 0.1) is 24.0 Å². The van der Waals surface area contributed by atoms with Crippen LogP contribution in [0.2, 0.25) is 0 Å². The van der Waals surface area contributed by atoms with Crippen LogP contribution in [-0.2, 0) is 12.3 Å². The van der Waals surface area contributed by atoms with Gasteiger partial charge in [0.1, 0.15) is 16.6 Å². The molecular weight excluding hydrogens is 400 g/mol. The average Bonchev–Trinajstić information content (AvgIpc) is 3.33. The maximum atomic E-state index is 13.0. The van der Waals surface area contributed by atoms with Gasteiger partial charge in [-0.15, -0.1) is 11.8 Å². The number of aryl methyl sites for hydroxylation is 2. The van der Waals surface area contributed by atoms with E-state index in [-0.39, 0.29) is 5.91 Å². The summed E-state index contributed by atoms with van der Waals surface area (Å²) in [5, 5.41) is 11.9. The largest absolute Gasteiger partial charge is 0.361 e. The molecule has 0 unspecified atom stereocenters. The molecule has 0 aromatic carbocycles. The molecule has 4 aromatic rings. The molecule has 4 rings (SSSR count). The lowest BCUT2D eigenvalue weighted by molar-refractivity contribution is 0.102.